The smallest absolute Gasteiger partial charge is 0.335 e. The van der Waals surface area contributed by atoms with Gasteiger partial charge >= 0.3 is 5.97 Å². The first-order chi connectivity index (χ1) is 5.54. The summed E-state index contributed by atoms with van der Waals surface area (Å²) in [5, 5.41) is 35.4. The fraction of sp³-hybridized carbons (Fsp3) is 0.833. The summed E-state index contributed by atoms with van der Waals surface area (Å²) >= 11 is 0. The van der Waals surface area contributed by atoms with Gasteiger partial charge in [0.15, 0.2) is 6.10 Å². The fourth-order valence-corrected chi connectivity index (χ4v) is 1.02. The van der Waals surface area contributed by atoms with Crippen LogP contribution in [0.4, 0.5) is 0 Å². The minimum Gasteiger partial charge on any atom is -0.479 e. The number of carboxylic acid groups (broad SMARTS) is 1. The number of hydrogen-bond acceptors (Lipinski definition) is 5. The molecule has 0 spiro atoms. The number of ether oxygens (including phenoxy) is 1. The van der Waals surface area contributed by atoms with Crippen molar-refractivity contribution in [1.82, 2.24) is 0 Å². The van der Waals surface area contributed by atoms with Gasteiger partial charge in [0.25, 0.3) is 0 Å². The quantitative estimate of drug-likeness (QED) is 0.355. The normalized spacial score (nSPS) is 42.6. The molecule has 0 aromatic heterocycles. The topological polar surface area (TPSA) is 107 Å². The third-order valence-corrected chi connectivity index (χ3v) is 1.74. The predicted octanol–water partition coefficient (Wildman–Crippen LogP) is -2.45. The van der Waals surface area contributed by atoms with E-state index in [9.17, 15) is 4.79 Å². The van der Waals surface area contributed by atoms with Gasteiger partial charge in [-0.1, -0.05) is 0 Å². The van der Waals surface area contributed by atoms with Gasteiger partial charge in [0.1, 0.15) is 18.3 Å². The summed E-state index contributed by atoms with van der Waals surface area (Å²) in [6.07, 6.45) is -5.72. The lowest BCUT2D eigenvalue weighted by Crippen LogP contribution is -2.55. The van der Waals surface area contributed by atoms with E-state index in [1.54, 1.807) is 0 Å². The van der Waals surface area contributed by atoms with Gasteiger partial charge in [-0.15, -0.1) is 0 Å². The van der Waals surface area contributed by atoms with E-state index in [1.165, 1.54) is 0 Å². The van der Waals surface area contributed by atoms with Crippen LogP contribution in [0, 0.1) is 0 Å². The fourth-order valence-electron chi connectivity index (χ4n) is 1.02. The van der Waals surface area contributed by atoms with E-state index in [0.29, 0.717) is 0 Å². The molecule has 1 heterocycles. The van der Waals surface area contributed by atoms with Crippen molar-refractivity contribution in [1.29, 1.82) is 0 Å². The number of rotatable bonds is 1. The molecule has 1 aliphatic rings. The third kappa shape index (κ3) is 1.56. The third-order valence-electron chi connectivity index (χ3n) is 1.74. The lowest BCUT2D eigenvalue weighted by atomic mass is 10.0. The molecule has 0 saturated carbocycles. The van der Waals surface area contributed by atoms with Gasteiger partial charge in [-0.25, -0.2) is 4.79 Å². The molecule has 1 rings (SSSR count). The summed E-state index contributed by atoms with van der Waals surface area (Å²) in [7, 11) is 0. The molecule has 0 aromatic carbocycles. The van der Waals surface area contributed by atoms with E-state index < -0.39 is 30.4 Å². The van der Waals surface area contributed by atoms with Gasteiger partial charge in [0.2, 0.25) is 0 Å². The first-order valence-corrected chi connectivity index (χ1v) is 3.42. The summed E-state index contributed by atoms with van der Waals surface area (Å²) < 4.78 is 4.57. The highest BCUT2D eigenvalue weighted by Crippen LogP contribution is 2.15. The largest absolute Gasteiger partial charge is 0.479 e. The molecule has 1 saturated heterocycles. The molecule has 1 aliphatic heterocycles. The SMILES string of the molecule is O=C(O)[C@H]1OCC(O)[C@@H](O)C1O. The summed E-state index contributed by atoms with van der Waals surface area (Å²) in [5.41, 5.74) is 0. The van der Waals surface area contributed by atoms with Crippen molar-refractivity contribution in [3.63, 3.8) is 0 Å². The van der Waals surface area contributed by atoms with Crippen molar-refractivity contribution in [2.24, 2.45) is 0 Å². The second kappa shape index (κ2) is 3.36. The molecular weight excluding hydrogens is 168 g/mol. The van der Waals surface area contributed by atoms with E-state index in [0.717, 1.165) is 0 Å². The Morgan fingerprint density at radius 2 is 1.83 bits per heavy atom. The second-order valence-electron chi connectivity index (χ2n) is 2.64. The van der Waals surface area contributed by atoms with Crippen LogP contribution in [0.15, 0.2) is 0 Å². The number of hydrogen-bond donors (Lipinski definition) is 4. The summed E-state index contributed by atoms with van der Waals surface area (Å²) in [4.78, 5) is 10.3. The number of aliphatic hydroxyl groups excluding tert-OH is 3. The molecule has 2 unspecified atom stereocenters. The maximum atomic E-state index is 10.3. The lowest BCUT2D eigenvalue weighted by Gasteiger charge is -2.32. The molecule has 1 fully saturated rings. The van der Waals surface area contributed by atoms with Gasteiger partial charge < -0.3 is 25.2 Å². The van der Waals surface area contributed by atoms with Gasteiger partial charge in [-0.2, -0.15) is 0 Å². The molecule has 0 amide bonds. The Labute approximate surface area is 68.0 Å². The Morgan fingerprint density at radius 1 is 1.25 bits per heavy atom. The van der Waals surface area contributed by atoms with Gasteiger partial charge in [-0.3, -0.25) is 0 Å². The van der Waals surface area contributed by atoms with Crippen molar-refractivity contribution in [2.45, 2.75) is 24.4 Å². The molecule has 6 heteroatoms. The highest BCUT2D eigenvalue weighted by Gasteiger charge is 2.41. The van der Waals surface area contributed by atoms with Crippen LogP contribution in [-0.4, -0.2) is 57.4 Å². The van der Waals surface area contributed by atoms with Crippen LogP contribution in [0.2, 0.25) is 0 Å². The van der Waals surface area contributed by atoms with Crippen LogP contribution in [0.5, 0.6) is 0 Å². The average molecular weight is 178 g/mol. The maximum Gasteiger partial charge on any atom is 0.335 e. The number of carbonyl (C=O) groups is 1. The number of aliphatic carboxylic acids is 1. The molecule has 6 nitrogen and oxygen atoms in total. The monoisotopic (exact) mass is 178 g/mol. The molecule has 0 aliphatic carbocycles. The van der Waals surface area contributed by atoms with Crippen molar-refractivity contribution < 1.29 is 30.0 Å². The molecule has 70 valence electrons. The zero-order valence-corrected chi connectivity index (χ0v) is 6.12. The summed E-state index contributed by atoms with van der Waals surface area (Å²) in [5.74, 6) is -1.35. The Balaban J connectivity index is 2.65. The van der Waals surface area contributed by atoms with Gasteiger partial charge in [0, 0.05) is 0 Å². The molecule has 12 heavy (non-hydrogen) atoms. The van der Waals surface area contributed by atoms with E-state index in [-0.39, 0.29) is 6.61 Å². The summed E-state index contributed by atoms with van der Waals surface area (Å²) in [6.45, 7) is -0.283. The molecule has 4 N–H and O–H groups in total. The van der Waals surface area contributed by atoms with Gasteiger partial charge in [-0.05, 0) is 0 Å². The highest BCUT2D eigenvalue weighted by atomic mass is 16.5. The zero-order valence-electron chi connectivity index (χ0n) is 6.12. The van der Waals surface area contributed by atoms with Crippen LogP contribution in [0.25, 0.3) is 0 Å². The Hall–Kier alpha value is -0.690. The Morgan fingerprint density at radius 3 is 2.33 bits per heavy atom. The first kappa shape index (κ1) is 9.40. The average Bonchev–Trinajstić information content (AvgIpc) is 2.00. The Kier molecular flexibility index (Phi) is 2.63. The zero-order chi connectivity index (χ0) is 9.30. The van der Waals surface area contributed by atoms with Crippen LogP contribution in [0.3, 0.4) is 0 Å². The molecule has 0 bridgehead atoms. The van der Waals surface area contributed by atoms with Crippen molar-refractivity contribution in [3.8, 4) is 0 Å². The van der Waals surface area contributed by atoms with E-state index in [4.69, 9.17) is 20.4 Å². The molecule has 4 atom stereocenters. The molecule has 0 radical (unpaired) electrons. The van der Waals surface area contributed by atoms with E-state index in [1.807, 2.05) is 0 Å². The lowest BCUT2D eigenvalue weighted by molar-refractivity contribution is -0.201. The van der Waals surface area contributed by atoms with Crippen LogP contribution < -0.4 is 0 Å². The van der Waals surface area contributed by atoms with Crippen molar-refractivity contribution in [3.05, 3.63) is 0 Å². The standard InChI is InChI=1S/C6H10O6/c7-2-1-12-5(6(10)11)4(9)3(2)8/h2-5,7-9H,1H2,(H,10,11)/t2?,3-,4?,5+/m1/s1. The molecular formula is C6H10O6. The van der Waals surface area contributed by atoms with Crippen molar-refractivity contribution in [2.75, 3.05) is 6.61 Å². The van der Waals surface area contributed by atoms with Crippen LogP contribution in [0.1, 0.15) is 0 Å². The highest BCUT2D eigenvalue weighted by molar-refractivity contribution is 5.73. The number of carboxylic acids is 1. The minimum absolute atomic E-state index is 0.283. The maximum absolute atomic E-state index is 10.3. The first-order valence-electron chi connectivity index (χ1n) is 3.42. The Bertz CT molecular complexity index is 181. The van der Waals surface area contributed by atoms with Crippen molar-refractivity contribution >= 4 is 5.97 Å². The van der Waals surface area contributed by atoms with Crippen LogP contribution >= 0.6 is 0 Å². The molecule has 0 aromatic rings. The second-order valence-corrected chi connectivity index (χ2v) is 2.64. The van der Waals surface area contributed by atoms with E-state index in [2.05, 4.69) is 4.74 Å². The van der Waals surface area contributed by atoms with Crippen LogP contribution in [-0.2, 0) is 9.53 Å². The predicted molar refractivity (Wildman–Crippen MR) is 35.4 cm³/mol. The number of aliphatic hydroxyl groups is 3. The minimum atomic E-state index is -1.58. The van der Waals surface area contributed by atoms with Gasteiger partial charge in [0.05, 0.1) is 6.61 Å². The van der Waals surface area contributed by atoms with E-state index >= 15 is 0 Å². The summed E-state index contributed by atoms with van der Waals surface area (Å²) in [6, 6.07) is 0.